The monoisotopic (exact) mass is 399 g/mol. The van der Waals surface area contributed by atoms with Gasteiger partial charge in [0.1, 0.15) is 0 Å². The highest BCUT2D eigenvalue weighted by Gasteiger charge is 2.32. The maximum Gasteiger partial charge on any atom is 0.224 e. The first-order valence-electron chi connectivity index (χ1n) is 11.0. The molecule has 2 aromatic heterocycles. The Hall–Kier alpha value is -2.92. The van der Waals surface area contributed by atoms with Gasteiger partial charge in [0.15, 0.2) is 12.4 Å². The van der Waals surface area contributed by atoms with E-state index in [1.54, 1.807) is 0 Å². The van der Waals surface area contributed by atoms with Gasteiger partial charge >= 0.3 is 0 Å². The third-order valence-electron chi connectivity index (χ3n) is 6.64. The minimum Gasteiger partial charge on any atom is -0.618 e. The van der Waals surface area contributed by atoms with E-state index in [0.29, 0.717) is 5.92 Å². The Morgan fingerprint density at radius 3 is 2.70 bits per heavy atom. The van der Waals surface area contributed by atoms with Crippen LogP contribution in [-0.4, -0.2) is 16.4 Å². The molecule has 0 N–H and O–H groups in total. The molecule has 0 radical (unpaired) electrons. The normalized spacial score (nSPS) is 19.6. The van der Waals surface area contributed by atoms with Crippen LogP contribution in [0.4, 0.5) is 0 Å². The SMILES string of the molecule is Cc1ccc2c(cnn2C2CCCCO2)c1-c1c(C2CC2)c[n+]([O-])c2ccccc12. The highest BCUT2D eigenvalue weighted by Crippen LogP contribution is 2.48. The number of fused-ring (bicyclic) bond motifs is 2. The number of aryl methyl sites for hydroxylation is 1. The molecule has 0 spiro atoms. The van der Waals surface area contributed by atoms with Crippen molar-refractivity contribution in [3.8, 4) is 11.1 Å². The van der Waals surface area contributed by atoms with Crippen LogP contribution in [0.2, 0.25) is 0 Å². The lowest BCUT2D eigenvalue weighted by Crippen LogP contribution is -2.27. The topological polar surface area (TPSA) is 54.0 Å². The summed E-state index contributed by atoms with van der Waals surface area (Å²) >= 11 is 0. The lowest BCUT2D eigenvalue weighted by molar-refractivity contribution is -0.577. The Bertz CT molecular complexity index is 1270. The molecule has 1 atom stereocenters. The zero-order valence-electron chi connectivity index (χ0n) is 17.2. The first kappa shape index (κ1) is 17.9. The number of rotatable bonds is 3. The summed E-state index contributed by atoms with van der Waals surface area (Å²) in [6.45, 7) is 2.95. The molecule has 2 fully saturated rings. The van der Waals surface area contributed by atoms with Crippen LogP contribution in [0.5, 0.6) is 0 Å². The van der Waals surface area contributed by atoms with Crippen LogP contribution in [0.1, 0.15) is 55.4 Å². The summed E-state index contributed by atoms with van der Waals surface area (Å²) in [6, 6.07) is 12.3. The number of hydrogen-bond donors (Lipinski definition) is 0. The van der Waals surface area contributed by atoms with E-state index < -0.39 is 0 Å². The molecule has 2 aromatic carbocycles. The van der Waals surface area contributed by atoms with Crippen molar-refractivity contribution in [1.29, 1.82) is 0 Å². The average molecular weight is 399 g/mol. The van der Waals surface area contributed by atoms with E-state index >= 15 is 0 Å². The van der Waals surface area contributed by atoms with Gasteiger partial charge in [-0.15, -0.1) is 0 Å². The van der Waals surface area contributed by atoms with Crippen LogP contribution < -0.4 is 4.73 Å². The molecule has 6 rings (SSSR count). The molecule has 2 aliphatic rings. The van der Waals surface area contributed by atoms with Crippen LogP contribution in [-0.2, 0) is 4.74 Å². The molecule has 1 saturated carbocycles. The Balaban J connectivity index is 1.65. The number of aromatic nitrogens is 3. The van der Waals surface area contributed by atoms with Crippen LogP contribution in [0.15, 0.2) is 48.8 Å². The van der Waals surface area contributed by atoms with Crippen molar-refractivity contribution in [2.24, 2.45) is 0 Å². The van der Waals surface area contributed by atoms with E-state index in [1.807, 2.05) is 35.3 Å². The van der Waals surface area contributed by atoms with Gasteiger partial charge in [0.2, 0.25) is 5.52 Å². The first-order chi connectivity index (χ1) is 14.7. The van der Waals surface area contributed by atoms with Gasteiger partial charge < -0.3 is 9.94 Å². The Kier molecular flexibility index (Phi) is 4.06. The van der Waals surface area contributed by atoms with Gasteiger partial charge in [0, 0.05) is 29.2 Å². The van der Waals surface area contributed by atoms with Crippen LogP contribution >= 0.6 is 0 Å². The lowest BCUT2D eigenvalue weighted by atomic mass is 9.89. The highest BCUT2D eigenvalue weighted by molar-refractivity contribution is 6.05. The second kappa shape index (κ2) is 6.81. The van der Waals surface area contributed by atoms with Gasteiger partial charge in [0.05, 0.1) is 17.1 Å². The number of nitrogens with zero attached hydrogens (tertiary/aromatic N) is 3. The van der Waals surface area contributed by atoms with Crippen molar-refractivity contribution in [3.63, 3.8) is 0 Å². The van der Waals surface area contributed by atoms with Crippen molar-refractivity contribution in [2.45, 2.75) is 51.2 Å². The van der Waals surface area contributed by atoms with Crippen molar-refractivity contribution < 1.29 is 9.47 Å². The van der Waals surface area contributed by atoms with Crippen LogP contribution in [0.3, 0.4) is 0 Å². The maximum absolute atomic E-state index is 12.8. The second-order valence-electron chi connectivity index (χ2n) is 8.68. The van der Waals surface area contributed by atoms with Crippen molar-refractivity contribution in [1.82, 2.24) is 9.78 Å². The average Bonchev–Trinajstić information content (AvgIpc) is 3.54. The zero-order chi connectivity index (χ0) is 20.2. The molecule has 0 amide bonds. The van der Waals surface area contributed by atoms with Crippen molar-refractivity contribution in [2.75, 3.05) is 6.61 Å². The van der Waals surface area contributed by atoms with E-state index in [1.165, 1.54) is 28.7 Å². The van der Waals surface area contributed by atoms with E-state index in [9.17, 15) is 5.21 Å². The van der Waals surface area contributed by atoms with Crippen LogP contribution in [0, 0.1) is 12.1 Å². The summed E-state index contributed by atoms with van der Waals surface area (Å²) < 4.78 is 9.11. The molecule has 1 saturated heterocycles. The minimum absolute atomic E-state index is 0.00558. The van der Waals surface area contributed by atoms with E-state index in [2.05, 4.69) is 25.1 Å². The third-order valence-corrected chi connectivity index (χ3v) is 6.64. The van der Waals surface area contributed by atoms with Gasteiger partial charge in [-0.2, -0.15) is 9.83 Å². The van der Waals surface area contributed by atoms with E-state index in [-0.39, 0.29) is 6.23 Å². The summed E-state index contributed by atoms with van der Waals surface area (Å²) in [5.74, 6) is 0.469. The largest absolute Gasteiger partial charge is 0.618 e. The highest BCUT2D eigenvalue weighted by atomic mass is 16.5. The summed E-state index contributed by atoms with van der Waals surface area (Å²) in [5.41, 5.74) is 6.60. The van der Waals surface area contributed by atoms with Gasteiger partial charge in [-0.1, -0.05) is 18.2 Å². The van der Waals surface area contributed by atoms with Gasteiger partial charge in [-0.05, 0) is 68.2 Å². The molecular formula is C25H25N3O2. The van der Waals surface area contributed by atoms with E-state index in [4.69, 9.17) is 9.84 Å². The fourth-order valence-electron chi connectivity index (χ4n) is 4.98. The molecule has 152 valence electrons. The molecular weight excluding hydrogens is 374 g/mol. The molecule has 4 aromatic rings. The number of pyridine rings is 1. The standard InChI is InChI=1S/C25H25N3O2/c1-16-9-12-22-19(14-26-28(22)23-8-4-5-13-30-23)24(16)25-18-6-2-3-7-21(18)27(29)15-20(25)17-10-11-17/h2-3,6-7,9,12,14-15,17,23H,4-5,8,10-11,13H2,1H3. The fraction of sp³-hybridized carbons (Fsp3) is 0.360. The minimum atomic E-state index is 0.00558. The maximum atomic E-state index is 12.8. The second-order valence-corrected chi connectivity index (χ2v) is 8.68. The van der Waals surface area contributed by atoms with Gasteiger partial charge in [0.25, 0.3) is 0 Å². The smallest absolute Gasteiger partial charge is 0.224 e. The molecule has 1 unspecified atom stereocenters. The number of para-hydroxylation sites is 1. The Morgan fingerprint density at radius 2 is 1.90 bits per heavy atom. The lowest BCUT2D eigenvalue weighted by Gasteiger charge is -2.23. The number of hydrogen-bond acceptors (Lipinski definition) is 3. The molecule has 3 heterocycles. The molecule has 1 aliphatic carbocycles. The van der Waals surface area contributed by atoms with Crippen molar-refractivity contribution >= 4 is 21.8 Å². The number of benzene rings is 2. The number of ether oxygens (including phenoxy) is 1. The van der Waals surface area contributed by atoms with Crippen molar-refractivity contribution in [3.05, 3.63) is 65.1 Å². The first-order valence-corrected chi connectivity index (χ1v) is 11.0. The third kappa shape index (κ3) is 2.72. The quantitative estimate of drug-likeness (QED) is 0.343. The predicted molar refractivity (Wildman–Crippen MR) is 117 cm³/mol. The predicted octanol–water partition coefficient (Wildman–Crippen LogP) is 5.37. The Labute approximate surface area is 175 Å². The van der Waals surface area contributed by atoms with Crippen LogP contribution in [0.25, 0.3) is 32.9 Å². The molecule has 30 heavy (non-hydrogen) atoms. The molecule has 5 heteroatoms. The van der Waals surface area contributed by atoms with E-state index in [0.717, 1.165) is 58.8 Å². The molecule has 5 nitrogen and oxygen atoms in total. The van der Waals surface area contributed by atoms with Gasteiger partial charge in [-0.3, -0.25) is 0 Å². The summed E-state index contributed by atoms with van der Waals surface area (Å²) in [7, 11) is 0. The van der Waals surface area contributed by atoms with Gasteiger partial charge in [-0.25, -0.2) is 4.68 Å². The Morgan fingerprint density at radius 1 is 1.03 bits per heavy atom. The summed E-state index contributed by atoms with van der Waals surface area (Å²) in [4.78, 5) is 0. The fourth-order valence-corrected chi connectivity index (χ4v) is 4.98. The summed E-state index contributed by atoms with van der Waals surface area (Å²) in [5, 5.41) is 19.7. The zero-order valence-corrected chi connectivity index (χ0v) is 17.2. The molecule has 0 bridgehead atoms. The molecule has 1 aliphatic heterocycles. The summed E-state index contributed by atoms with van der Waals surface area (Å²) in [6.07, 6.45) is 9.38.